The van der Waals surface area contributed by atoms with E-state index in [1.807, 2.05) is 0 Å². The van der Waals surface area contributed by atoms with Crippen molar-refractivity contribution in [2.75, 3.05) is 6.61 Å². The van der Waals surface area contributed by atoms with Crippen LogP contribution in [0.1, 0.15) is 23.7 Å². The van der Waals surface area contributed by atoms with Crippen molar-refractivity contribution in [1.82, 2.24) is 4.98 Å². The highest BCUT2D eigenvalue weighted by Crippen LogP contribution is 2.31. The number of esters is 1. The van der Waals surface area contributed by atoms with Crippen LogP contribution in [0.15, 0.2) is 6.20 Å². The second-order valence-electron chi connectivity index (χ2n) is 3.93. The molecule has 112 valence electrons. The van der Waals surface area contributed by atoms with E-state index >= 15 is 0 Å². The first kappa shape index (κ1) is 16.2. The third-order valence-corrected chi connectivity index (χ3v) is 2.46. The van der Waals surface area contributed by atoms with Crippen LogP contribution in [-0.4, -0.2) is 23.9 Å². The van der Waals surface area contributed by atoms with Gasteiger partial charge in [0.15, 0.2) is 5.75 Å². The van der Waals surface area contributed by atoms with Gasteiger partial charge in [-0.05, 0) is 19.4 Å². The molecule has 0 aliphatic rings. The lowest BCUT2D eigenvalue weighted by atomic mass is 10.1. The Balaban J connectivity index is 3.21. The molecule has 5 nitrogen and oxygen atoms in total. The molecular weight excluding hydrogens is 277 g/mol. The van der Waals surface area contributed by atoms with Crippen LogP contribution in [0.4, 0.5) is 13.2 Å². The molecule has 0 unspecified atom stereocenters. The van der Waals surface area contributed by atoms with Crippen molar-refractivity contribution in [2.24, 2.45) is 5.73 Å². The number of ether oxygens (including phenoxy) is 2. The summed E-state index contributed by atoms with van der Waals surface area (Å²) in [4.78, 5) is 15.3. The molecule has 0 bridgehead atoms. The fraction of sp³-hybridized carbons (Fsp3) is 0.500. The Hall–Kier alpha value is -1.83. The fourth-order valence-electron chi connectivity index (χ4n) is 1.62. The van der Waals surface area contributed by atoms with E-state index in [2.05, 4.69) is 9.72 Å². The molecule has 1 heterocycles. The Bertz CT molecular complexity index is 490. The van der Waals surface area contributed by atoms with Gasteiger partial charge in [0.2, 0.25) is 0 Å². The number of rotatable bonds is 5. The Kier molecular flexibility index (Phi) is 5.32. The summed E-state index contributed by atoms with van der Waals surface area (Å²) in [6, 6.07) is 0. The van der Waals surface area contributed by atoms with Crippen LogP contribution in [0.2, 0.25) is 0 Å². The van der Waals surface area contributed by atoms with E-state index in [-0.39, 0.29) is 30.8 Å². The van der Waals surface area contributed by atoms with Crippen molar-refractivity contribution in [3.8, 4) is 5.75 Å². The summed E-state index contributed by atoms with van der Waals surface area (Å²) < 4.78 is 46.0. The quantitative estimate of drug-likeness (QED) is 0.838. The summed E-state index contributed by atoms with van der Waals surface area (Å²) in [5, 5.41) is 0. The molecule has 1 rings (SSSR count). The van der Waals surface area contributed by atoms with E-state index in [1.54, 1.807) is 6.92 Å². The number of aryl methyl sites for hydroxylation is 1. The lowest BCUT2D eigenvalue weighted by molar-refractivity contribution is -0.275. The molecule has 2 N–H and O–H groups in total. The normalized spacial score (nSPS) is 11.3. The van der Waals surface area contributed by atoms with Crippen LogP contribution in [0.5, 0.6) is 5.75 Å². The molecule has 0 aliphatic carbocycles. The van der Waals surface area contributed by atoms with Crippen LogP contribution in [0, 0.1) is 6.92 Å². The zero-order chi connectivity index (χ0) is 15.3. The predicted molar refractivity (Wildman–Crippen MR) is 63.9 cm³/mol. The van der Waals surface area contributed by atoms with Crippen molar-refractivity contribution >= 4 is 5.97 Å². The molecule has 20 heavy (non-hydrogen) atoms. The lowest BCUT2D eigenvalue weighted by Gasteiger charge is -2.17. The summed E-state index contributed by atoms with van der Waals surface area (Å²) in [5.41, 5.74) is 5.77. The molecule has 0 saturated heterocycles. The molecule has 0 aliphatic heterocycles. The molecule has 0 aromatic carbocycles. The number of nitrogens with two attached hydrogens (primary N) is 1. The van der Waals surface area contributed by atoms with Gasteiger partial charge in [-0.2, -0.15) is 0 Å². The molecule has 0 spiro atoms. The Labute approximate surface area is 113 Å². The van der Waals surface area contributed by atoms with Gasteiger partial charge in [0.25, 0.3) is 0 Å². The molecule has 0 atom stereocenters. The van der Waals surface area contributed by atoms with E-state index in [0.717, 1.165) is 0 Å². The maximum absolute atomic E-state index is 12.4. The first-order valence-corrected chi connectivity index (χ1v) is 5.87. The lowest BCUT2D eigenvalue weighted by Crippen LogP contribution is -2.22. The van der Waals surface area contributed by atoms with Gasteiger partial charge in [-0.25, -0.2) is 0 Å². The molecule has 8 heteroatoms. The minimum Gasteiger partial charge on any atom is -0.466 e. The second kappa shape index (κ2) is 6.56. The average molecular weight is 292 g/mol. The van der Waals surface area contributed by atoms with Crippen molar-refractivity contribution < 1.29 is 27.4 Å². The summed E-state index contributed by atoms with van der Waals surface area (Å²) in [6.07, 6.45) is -3.87. The molecular formula is C12H15F3N2O3. The fourth-order valence-corrected chi connectivity index (χ4v) is 1.62. The van der Waals surface area contributed by atoms with Crippen molar-refractivity contribution in [2.45, 2.75) is 33.2 Å². The molecule has 0 fully saturated rings. The van der Waals surface area contributed by atoms with E-state index in [4.69, 9.17) is 10.5 Å². The number of carbonyl (C=O) groups is 1. The Morgan fingerprint density at radius 2 is 2.10 bits per heavy atom. The topological polar surface area (TPSA) is 74.4 Å². The van der Waals surface area contributed by atoms with Gasteiger partial charge in [0.05, 0.1) is 18.7 Å². The maximum atomic E-state index is 12.4. The van der Waals surface area contributed by atoms with E-state index < -0.39 is 18.1 Å². The van der Waals surface area contributed by atoms with Gasteiger partial charge in [0, 0.05) is 18.3 Å². The largest absolute Gasteiger partial charge is 0.573 e. The van der Waals surface area contributed by atoms with E-state index in [9.17, 15) is 18.0 Å². The SMILES string of the molecule is CCOC(=O)Cc1c(C)cnc(CN)c1OC(F)(F)F. The van der Waals surface area contributed by atoms with E-state index in [1.165, 1.54) is 13.1 Å². The van der Waals surface area contributed by atoms with E-state index in [0.29, 0.717) is 5.56 Å². The number of nitrogens with zero attached hydrogens (tertiary/aromatic N) is 1. The monoisotopic (exact) mass is 292 g/mol. The standard InChI is InChI=1S/C12H15F3N2O3/c1-3-19-10(18)4-8-7(2)6-17-9(5-16)11(8)20-12(13,14)15/h6H,3-5,16H2,1-2H3. The van der Waals surface area contributed by atoms with Crippen LogP contribution >= 0.6 is 0 Å². The van der Waals surface area contributed by atoms with Crippen LogP contribution in [0.25, 0.3) is 0 Å². The Morgan fingerprint density at radius 1 is 1.45 bits per heavy atom. The first-order valence-electron chi connectivity index (χ1n) is 5.87. The number of halogens is 3. The smallest absolute Gasteiger partial charge is 0.466 e. The third-order valence-electron chi connectivity index (χ3n) is 2.46. The summed E-state index contributed by atoms with van der Waals surface area (Å²) in [6.45, 7) is 3.05. The number of carbonyl (C=O) groups excluding carboxylic acids is 1. The van der Waals surface area contributed by atoms with Gasteiger partial charge in [-0.15, -0.1) is 13.2 Å². The summed E-state index contributed by atoms with van der Waals surface area (Å²) >= 11 is 0. The van der Waals surface area contributed by atoms with Crippen LogP contribution in [-0.2, 0) is 22.5 Å². The molecule has 0 amide bonds. The maximum Gasteiger partial charge on any atom is 0.573 e. The average Bonchev–Trinajstić information content (AvgIpc) is 2.32. The molecule has 0 radical (unpaired) electrons. The third kappa shape index (κ3) is 4.37. The van der Waals surface area contributed by atoms with Crippen molar-refractivity contribution in [3.05, 3.63) is 23.0 Å². The second-order valence-corrected chi connectivity index (χ2v) is 3.93. The predicted octanol–water partition coefficient (Wildman–Crippen LogP) is 1.85. The van der Waals surface area contributed by atoms with Crippen molar-refractivity contribution in [3.63, 3.8) is 0 Å². The van der Waals surface area contributed by atoms with Crippen molar-refractivity contribution in [1.29, 1.82) is 0 Å². The van der Waals surface area contributed by atoms with Crippen LogP contribution < -0.4 is 10.5 Å². The zero-order valence-corrected chi connectivity index (χ0v) is 11.1. The zero-order valence-electron chi connectivity index (χ0n) is 11.1. The molecule has 0 saturated carbocycles. The number of alkyl halides is 3. The highest BCUT2D eigenvalue weighted by molar-refractivity contribution is 5.74. The number of aromatic nitrogens is 1. The highest BCUT2D eigenvalue weighted by Gasteiger charge is 2.34. The minimum absolute atomic E-state index is 0.0628. The number of hydrogen-bond donors (Lipinski definition) is 1. The molecule has 1 aromatic rings. The summed E-state index contributed by atoms with van der Waals surface area (Å²) in [5.74, 6) is -1.16. The van der Waals surface area contributed by atoms with Gasteiger partial charge in [0.1, 0.15) is 0 Å². The highest BCUT2D eigenvalue weighted by atomic mass is 19.4. The minimum atomic E-state index is -4.89. The van der Waals surface area contributed by atoms with Crippen LogP contribution in [0.3, 0.4) is 0 Å². The molecule has 1 aromatic heterocycles. The van der Waals surface area contributed by atoms with Gasteiger partial charge in [-0.1, -0.05) is 0 Å². The number of hydrogen-bond acceptors (Lipinski definition) is 5. The van der Waals surface area contributed by atoms with Gasteiger partial charge in [-0.3, -0.25) is 9.78 Å². The van der Waals surface area contributed by atoms with Gasteiger partial charge >= 0.3 is 12.3 Å². The summed E-state index contributed by atoms with van der Waals surface area (Å²) in [7, 11) is 0. The number of pyridine rings is 1. The first-order chi connectivity index (χ1) is 9.28. The van der Waals surface area contributed by atoms with Gasteiger partial charge < -0.3 is 15.2 Å². The Morgan fingerprint density at radius 3 is 2.60 bits per heavy atom.